The first-order valence-corrected chi connectivity index (χ1v) is 8.70. The molecule has 0 saturated carbocycles. The molecular formula is C20H25N3O. The maximum Gasteiger partial charge on any atom is 0.272 e. The average molecular weight is 323 g/mol. The van der Waals surface area contributed by atoms with Gasteiger partial charge in [0.1, 0.15) is 5.69 Å². The lowest BCUT2D eigenvalue weighted by atomic mass is 10.1. The summed E-state index contributed by atoms with van der Waals surface area (Å²) in [6.07, 6.45) is 4.95. The standard InChI is InChI=1S/C20H25N3O/c1-4-5-12-22(3)20(24)18-11-10-17(14-21-18)23-15(2)13-16-8-6-7-9-19(16)23/h6-11,14-15H,4-5,12-13H2,1-3H3. The molecule has 1 amide bonds. The lowest BCUT2D eigenvalue weighted by Crippen LogP contribution is -2.29. The van der Waals surface area contributed by atoms with Crippen LogP contribution in [0.5, 0.6) is 0 Å². The Bertz CT molecular complexity index is 711. The average Bonchev–Trinajstić information content (AvgIpc) is 2.95. The van der Waals surface area contributed by atoms with E-state index >= 15 is 0 Å². The molecule has 0 N–H and O–H groups in total. The molecule has 0 radical (unpaired) electrons. The number of rotatable bonds is 5. The van der Waals surface area contributed by atoms with E-state index in [2.05, 4.69) is 48.0 Å². The van der Waals surface area contributed by atoms with E-state index in [1.165, 1.54) is 11.3 Å². The molecule has 24 heavy (non-hydrogen) atoms. The molecule has 4 nitrogen and oxygen atoms in total. The number of para-hydroxylation sites is 1. The molecule has 1 aromatic carbocycles. The van der Waals surface area contributed by atoms with Crippen molar-refractivity contribution < 1.29 is 4.79 Å². The van der Waals surface area contributed by atoms with Crippen molar-refractivity contribution in [3.63, 3.8) is 0 Å². The van der Waals surface area contributed by atoms with Crippen LogP contribution in [0.1, 0.15) is 42.7 Å². The van der Waals surface area contributed by atoms with Crippen LogP contribution in [0.15, 0.2) is 42.6 Å². The van der Waals surface area contributed by atoms with Crippen LogP contribution < -0.4 is 4.90 Å². The van der Waals surface area contributed by atoms with Crippen molar-refractivity contribution >= 4 is 17.3 Å². The van der Waals surface area contributed by atoms with E-state index in [1.807, 2.05) is 25.4 Å². The number of benzene rings is 1. The highest BCUT2D eigenvalue weighted by Gasteiger charge is 2.27. The van der Waals surface area contributed by atoms with Gasteiger partial charge in [-0.1, -0.05) is 31.5 Å². The maximum absolute atomic E-state index is 12.4. The topological polar surface area (TPSA) is 36.4 Å². The van der Waals surface area contributed by atoms with E-state index in [1.54, 1.807) is 4.90 Å². The molecule has 0 spiro atoms. The summed E-state index contributed by atoms with van der Waals surface area (Å²) in [5.74, 6) is -0.00938. The summed E-state index contributed by atoms with van der Waals surface area (Å²) < 4.78 is 0. The number of hydrogen-bond donors (Lipinski definition) is 0. The van der Waals surface area contributed by atoms with Crippen molar-refractivity contribution in [2.45, 2.75) is 39.2 Å². The number of aromatic nitrogens is 1. The molecule has 0 saturated heterocycles. The Labute approximate surface area is 144 Å². The molecule has 0 bridgehead atoms. The van der Waals surface area contributed by atoms with Crippen LogP contribution in [0.3, 0.4) is 0 Å². The molecule has 0 aliphatic carbocycles. The van der Waals surface area contributed by atoms with Gasteiger partial charge in [-0.25, -0.2) is 4.98 Å². The molecule has 1 aliphatic heterocycles. The molecular weight excluding hydrogens is 298 g/mol. The first-order chi connectivity index (χ1) is 11.6. The number of unbranched alkanes of at least 4 members (excludes halogenated alkanes) is 1. The largest absolute Gasteiger partial charge is 0.340 e. The highest BCUT2D eigenvalue weighted by Crippen LogP contribution is 2.37. The second-order valence-corrected chi connectivity index (χ2v) is 6.53. The molecule has 1 atom stereocenters. The second kappa shape index (κ2) is 7.04. The summed E-state index contributed by atoms with van der Waals surface area (Å²) in [6, 6.07) is 12.7. The summed E-state index contributed by atoms with van der Waals surface area (Å²) in [5.41, 5.74) is 4.16. The van der Waals surface area contributed by atoms with Gasteiger partial charge in [0.15, 0.2) is 0 Å². The zero-order valence-electron chi connectivity index (χ0n) is 14.7. The summed E-state index contributed by atoms with van der Waals surface area (Å²) in [6.45, 7) is 5.12. The number of pyridine rings is 1. The molecule has 1 unspecified atom stereocenters. The first-order valence-electron chi connectivity index (χ1n) is 8.70. The van der Waals surface area contributed by atoms with Crippen LogP contribution in [-0.4, -0.2) is 35.4 Å². The van der Waals surface area contributed by atoms with Crippen molar-refractivity contribution in [2.75, 3.05) is 18.5 Å². The fourth-order valence-electron chi connectivity index (χ4n) is 3.31. The fraction of sp³-hybridized carbons (Fsp3) is 0.400. The van der Waals surface area contributed by atoms with Gasteiger partial charge in [0, 0.05) is 25.3 Å². The predicted octanol–water partition coefficient (Wildman–Crippen LogP) is 4.04. The molecule has 4 heteroatoms. The SMILES string of the molecule is CCCCN(C)C(=O)c1ccc(N2c3ccccc3CC2C)cn1. The molecule has 1 aliphatic rings. The Morgan fingerprint density at radius 1 is 1.29 bits per heavy atom. The van der Waals surface area contributed by atoms with Crippen LogP contribution >= 0.6 is 0 Å². The van der Waals surface area contributed by atoms with E-state index in [9.17, 15) is 4.79 Å². The Kier molecular flexibility index (Phi) is 4.84. The normalized spacial score (nSPS) is 16.1. The van der Waals surface area contributed by atoms with Gasteiger partial charge < -0.3 is 9.80 Å². The van der Waals surface area contributed by atoms with Crippen LogP contribution in [0, 0.1) is 0 Å². The maximum atomic E-state index is 12.4. The molecule has 2 aromatic rings. The molecule has 0 fully saturated rings. The number of hydrogen-bond acceptors (Lipinski definition) is 3. The smallest absolute Gasteiger partial charge is 0.272 e. The quantitative estimate of drug-likeness (QED) is 0.833. The van der Waals surface area contributed by atoms with Gasteiger partial charge in [0.05, 0.1) is 11.9 Å². The minimum Gasteiger partial charge on any atom is -0.340 e. The summed E-state index contributed by atoms with van der Waals surface area (Å²) >= 11 is 0. The van der Waals surface area contributed by atoms with Gasteiger partial charge in [0.25, 0.3) is 5.91 Å². The Morgan fingerprint density at radius 2 is 2.08 bits per heavy atom. The lowest BCUT2D eigenvalue weighted by molar-refractivity contribution is 0.0787. The van der Waals surface area contributed by atoms with Gasteiger partial charge in [-0.05, 0) is 43.5 Å². The number of carbonyl (C=O) groups is 1. The Hall–Kier alpha value is -2.36. The van der Waals surface area contributed by atoms with E-state index in [-0.39, 0.29) is 5.91 Å². The van der Waals surface area contributed by atoms with Crippen LogP contribution in [0.25, 0.3) is 0 Å². The molecule has 3 rings (SSSR count). The summed E-state index contributed by atoms with van der Waals surface area (Å²) in [7, 11) is 1.84. The lowest BCUT2D eigenvalue weighted by Gasteiger charge is -2.25. The highest BCUT2D eigenvalue weighted by molar-refractivity contribution is 5.92. The van der Waals surface area contributed by atoms with Crippen molar-refractivity contribution in [3.05, 3.63) is 53.9 Å². The van der Waals surface area contributed by atoms with Crippen molar-refractivity contribution in [3.8, 4) is 0 Å². The summed E-state index contributed by atoms with van der Waals surface area (Å²) in [4.78, 5) is 20.9. The minimum atomic E-state index is -0.00938. The first kappa shape index (κ1) is 16.5. The van der Waals surface area contributed by atoms with E-state index < -0.39 is 0 Å². The van der Waals surface area contributed by atoms with Gasteiger partial charge in [-0.2, -0.15) is 0 Å². The van der Waals surface area contributed by atoms with Crippen LogP contribution in [0.4, 0.5) is 11.4 Å². The van der Waals surface area contributed by atoms with Crippen molar-refractivity contribution in [1.29, 1.82) is 0 Å². The Balaban J connectivity index is 1.79. The summed E-state index contributed by atoms with van der Waals surface area (Å²) in [5, 5.41) is 0. The number of anilines is 2. The molecule has 126 valence electrons. The van der Waals surface area contributed by atoms with Gasteiger partial charge >= 0.3 is 0 Å². The number of fused-ring (bicyclic) bond motifs is 1. The molecule has 2 heterocycles. The van der Waals surface area contributed by atoms with Gasteiger partial charge in [-0.3, -0.25) is 4.79 Å². The third-order valence-electron chi connectivity index (χ3n) is 4.65. The van der Waals surface area contributed by atoms with Crippen LogP contribution in [0.2, 0.25) is 0 Å². The van der Waals surface area contributed by atoms with Crippen molar-refractivity contribution in [2.24, 2.45) is 0 Å². The third-order valence-corrected chi connectivity index (χ3v) is 4.65. The van der Waals surface area contributed by atoms with Gasteiger partial charge in [0.2, 0.25) is 0 Å². The van der Waals surface area contributed by atoms with E-state index in [0.29, 0.717) is 11.7 Å². The zero-order chi connectivity index (χ0) is 17.1. The highest BCUT2D eigenvalue weighted by atomic mass is 16.2. The monoisotopic (exact) mass is 323 g/mol. The van der Waals surface area contributed by atoms with E-state index in [0.717, 1.165) is 31.5 Å². The number of amides is 1. The minimum absolute atomic E-state index is 0.00938. The third kappa shape index (κ3) is 3.14. The number of carbonyl (C=O) groups excluding carboxylic acids is 1. The fourth-order valence-corrected chi connectivity index (χ4v) is 3.31. The van der Waals surface area contributed by atoms with Crippen molar-refractivity contribution in [1.82, 2.24) is 9.88 Å². The predicted molar refractivity (Wildman–Crippen MR) is 97.9 cm³/mol. The molecule has 1 aromatic heterocycles. The zero-order valence-corrected chi connectivity index (χ0v) is 14.7. The number of nitrogens with zero attached hydrogens (tertiary/aromatic N) is 3. The Morgan fingerprint density at radius 3 is 2.79 bits per heavy atom. The second-order valence-electron chi connectivity index (χ2n) is 6.53. The van der Waals surface area contributed by atoms with Crippen LogP contribution in [-0.2, 0) is 6.42 Å². The van der Waals surface area contributed by atoms with E-state index in [4.69, 9.17) is 0 Å². The van der Waals surface area contributed by atoms with Gasteiger partial charge in [-0.15, -0.1) is 0 Å².